The number of ether oxygens (including phenoxy) is 1. The molecular formula is C8H18O3. The molecule has 0 rings (SSSR count). The van der Waals surface area contributed by atoms with Gasteiger partial charge in [-0.2, -0.15) is 0 Å². The van der Waals surface area contributed by atoms with Gasteiger partial charge in [-0.25, -0.2) is 0 Å². The topological polar surface area (TPSA) is 49.7 Å². The Morgan fingerprint density at radius 2 is 1.91 bits per heavy atom. The maximum absolute atomic E-state index is 9.09. The minimum atomic E-state index is -0.393. The number of hydrogen-bond acceptors (Lipinski definition) is 3. The largest absolute Gasteiger partial charge is 0.394 e. The maximum atomic E-state index is 9.09. The second kappa shape index (κ2) is 6.58. The Hall–Kier alpha value is -0.120. The summed E-state index contributed by atoms with van der Waals surface area (Å²) in [6, 6.07) is 0. The van der Waals surface area contributed by atoms with E-state index in [4.69, 9.17) is 14.9 Å². The van der Waals surface area contributed by atoms with Gasteiger partial charge >= 0.3 is 0 Å². The van der Waals surface area contributed by atoms with Crippen molar-refractivity contribution in [2.45, 2.75) is 38.9 Å². The highest BCUT2D eigenvalue weighted by Crippen LogP contribution is 1.99. The molecule has 0 bridgehead atoms. The van der Waals surface area contributed by atoms with E-state index in [1.165, 1.54) is 0 Å². The van der Waals surface area contributed by atoms with Crippen LogP contribution in [0.25, 0.3) is 0 Å². The molecular weight excluding hydrogens is 144 g/mol. The Balaban J connectivity index is 3.34. The summed E-state index contributed by atoms with van der Waals surface area (Å²) in [5, 5.41) is 17.8. The standard InChI is InChI=1S/C8H18O3/c1-3-7(10)6-11-8(4-2)5-9/h7-10H,3-6H2,1-2H3/t7-,8+/m0/s1. The first kappa shape index (κ1) is 10.9. The summed E-state index contributed by atoms with van der Waals surface area (Å²) in [7, 11) is 0. The van der Waals surface area contributed by atoms with E-state index in [1.54, 1.807) is 0 Å². The van der Waals surface area contributed by atoms with Crippen molar-refractivity contribution in [2.75, 3.05) is 13.2 Å². The third-order valence-corrected chi connectivity index (χ3v) is 1.65. The van der Waals surface area contributed by atoms with Gasteiger partial charge in [-0.15, -0.1) is 0 Å². The fourth-order valence-corrected chi connectivity index (χ4v) is 0.665. The van der Waals surface area contributed by atoms with Crippen LogP contribution >= 0.6 is 0 Å². The molecule has 68 valence electrons. The zero-order chi connectivity index (χ0) is 8.69. The predicted molar refractivity (Wildman–Crippen MR) is 43.4 cm³/mol. The Labute approximate surface area is 68.0 Å². The smallest absolute Gasteiger partial charge is 0.0804 e. The number of aliphatic hydroxyl groups is 2. The molecule has 0 saturated carbocycles. The van der Waals surface area contributed by atoms with Crippen LogP contribution in [-0.4, -0.2) is 35.6 Å². The average Bonchev–Trinajstić information content (AvgIpc) is 2.06. The summed E-state index contributed by atoms with van der Waals surface area (Å²) in [5.74, 6) is 0. The molecule has 11 heavy (non-hydrogen) atoms. The summed E-state index contributed by atoms with van der Waals surface area (Å²) in [4.78, 5) is 0. The fourth-order valence-electron chi connectivity index (χ4n) is 0.665. The molecule has 0 aliphatic heterocycles. The van der Waals surface area contributed by atoms with E-state index in [-0.39, 0.29) is 12.7 Å². The van der Waals surface area contributed by atoms with E-state index in [1.807, 2.05) is 13.8 Å². The van der Waals surface area contributed by atoms with Gasteiger partial charge in [-0.3, -0.25) is 0 Å². The van der Waals surface area contributed by atoms with Gasteiger partial charge in [0.05, 0.1) is 25.4 Å². The number of rotatable bonds is 6. The highest BCUT2D eigenvalue weighted by atomic mass is 16.5. The Kier molecular flexibility index (Phi) is 6.51. The van der Waals surface area contributed by atoms with Crippen LogP contribution in [0.1, 0.15) is 26.7 Å². The molecule has 0 aromatic rings. The van der Waals surface area contributed by atoms with E-state index in [9.17, 15) is 0 Å². The third-order valence-electron chi connectivity index (χ3n) is 1.65. The van der Waals surface area contributed by atoms with Crippen LogP contribution in [0.5, 0.6) is 0 Å². The molecule has 0 aliphatic rings. The zero-order valence-electron chi connectivity index (χ0n) is 7.29. The highest BCUT2D eigenvalue weighted by molar-refractivity contribution is 4.55. The first-order chi connectivity index (χ1) is 5.24. The van der Waals surface area contributed by atoms with Gasteiger partial charge in [0.25, 0.3) is 0 Å². The first-order valence-electron chi connectivity index (χ1n) is 4.15. The molecule has 2 atom stereocenters. The Morgan fingerprint density at radius 1 is 1.27 bits per heavy atom. The van der Waals surface area contributed by atoms with Crippen LogP contribution in [0.3, 0.4) is 0 Å². The molecule has 0 aromatic heterocycles. The van der Waals surface area contributed by atoms with Gasteiger partial charge in [0.1, 0.15) is 0 Å². The van der Waals surface area contributed by atoms with Crippen molar-refractivity contribution in [3.63, 3.8) is 0 Å². The summed E-state index contributed by atoms with van der Waals surface area (Å²) in [5.41, 5.74) is 0. The normalized spacial score (nSPS) is 16.4. The van der Waals surface area contributed by atoms with Crippen molar-refractivity contribution >= 4 is 0 Å². The van der Waals surface area contributed by atoms with E-state index >= 15 is 0 Å². The maximum Gasteiger partial charge on any atom is 0.0804 e. The lowest BCUT2D eigenvalue weighted by atomic mass is 10.3. The van der Waals surface area contributed by atoms with Crippen LogP contribution in [-0.2, 0) is 4.74 Å². The second-order valence-electron chi connectivity index (χ2n) is 2.61. The van der Waals surface area contributed by atoms with E-state index in [2.05, 4.69) is 0 Å². The minimum absolute atomic E-state index is 0.0347. The molecule has 0 aliphatic carbocycles. The fraction of sp³-hybridized carbons (Fsp3) is 1.00. The van der Waals surface area contributed by atoms with E-state index in [0.717, 1.165) is 6.42 Å². The van der Waals surface area contributed by atoms with Crippen LogP contribution in [0.4, 0.5) is 0 Å². The number of aliphatic hydroxyl groups excluding tert-OH is 2. The molecule has 3 nitrogen and oxygen atoms in total. The molecule has 0 heterocycles. The molecule has 0 aromatic carbocycles. The lowest BCUT2D eigenvalue weighted by Crippen LogP contribution is -2.23. The molecule has 0 unspecified atom stereocenters. The van der Waals surface area contributed by atoms with Gasteiger partial charge in [-0.1, -0.05) is 13.8 Å². The monoisotopic (exact) mass is 162 g/mol. The summed E-state index contributed by atoms with van der Waals surface area (Å²) < 4.78 is 5.19. The van der Waals surface area contributed by atoms with Crippen molar-refractivity contribution in [3.05, 3.63) is 0 Å². The third kappa shape index (κ3) is 5.18. The summed E-state index contributed by atoms with van der Waals surface area (Å²) in [6.45, 7) is 4.20. The van der Waals surface area contributed by atoms with Crippen LogP contribution in [0, 0.1) is 0 Å². The average molecular weight is 162 g/mol. The molecule has 0 amide bonds. The van der Waals surface area contributed by atoms with Crippen molar-refractivity contribution in [3.8, 4) is 0 Å². The van der Waals surface area contributed by atoms with Crippen LogP contribution < -0.4 is 0 Å². The van der Waals surface area contributed by atoms with E-state index in [0.29, 0.717) is 13.0 Å². The second-order valence-corrected chi connectivity index (χ2v) is 2.61. The molecule has 0 saturated heterocycles. The minimum Gasteiger partial charge on any atom is -0.394 e. The summed E-state index contributed by atoms with van der Waals surface area (Å²) >= 11 is 0. The molecule has 2 N–H and O–H groups in total. The van der Waals surface area contributed by atoms with Gasteiger partial charge in [-0.05, 0) is 12.8 Å². The quantitative estimate of drug-likeness (QED) is 0.599. The van der Waals surface area contributed by atoms with Crippen molar-refractivity contribution in [1.82, 2.24) is 0 Å². The highest BCUT2D eigenvalue weighted by Gasteiger charge is 2.07. The number of hydrogen-bond donors (Lipinski definition) is 2. The first-order valence-corrected chi connectivity index (χ1v) is 4.15. The van der Waals surface area contributed by atoms with Gasteiger partial charge in [0.2, 0.25) is 0 Å². The molecule has 0 radical (unpaired) electrons. The lowest BCUT2D eigenvalue weighted by Gasteiger charge is -2.15. The molecule has 3 heteroatoms. The predicted octanol–water partition coefficient (Wildman–Crippen LogP) is 0.545. The summed E-state index contributed by atoms with van der Waals surface area (Å²) in [6.07, 6.45) is 0.973. The SMILES string of the molecule is CC[C@H](O)CO[C@H](CC)CO. The lowest BCUT2D eigenvalue weighted by molar-refractivity contribution is -0.0336. The molecule has 0 spiro atoms. The van der Waals surface area contributed by atoms with Crippen LogP contribution in [0.2, 0.25) is 0 Å². The van der Waals surface area contributed by atoms with Gasteiger partial charge < -0.3 is 14.9 Å². The van der Waals surface area contributed by atoms with E-state index < -0.39 is 6.10 Å². The Morgan fingerprint density at radius 3 is 2.27 bits per heavy atom. The Bertz CT molecular complexity index is 81.4. The van der Waals surface area contributed by atoms with Crippen molar-refractivity contribution < 1.29 is 14.9 Å². The zero-order valence-corrected chi connectivity index (χ0v) is 7.29. The van der Waals surface area contributed by atoms with Crippen molar-refractivity contribution in [1.29, 1.82) is 0 Å². The van der Waals surface area contributed by atoms with Crippen molar-refractivity contribution in [2.24, 2.45) is 0 Å². The van der Waals surface area contributed by atoms with Gasteiger partial charge in [0.15, 0.2) is 0 Å². The van der Waals surface area contributed by atoms with Gasteiger partial charge in [0, 0.05) is 0 Å². The molecule has 0 fully saturated rings. The van der Waals surface area contributed by atoms with Crippen LogP contribution in [0.15, 0.2) is 0 Å².